The quantitative estimate of drug-likeness (QED) is 0.358. The molecule has 0 saturated carbocycles. The molecule has 1 aliphatic rings. The highest BCUT2D eigenvalue weighted by Crippen LogP contribution is 2.26. The van der Waals surface area contributed by atoms with Crippen LogP contribution in [0.1, 0.15) is 43.6 Å². The fourth-order valence-corrected chi connectivity index (χ4v) is 4.30. The van der Waals surface area contributed by atoms with E-state index in [2.05, 4.69) is 21.1 Å². The average molecular weight is 493 g/mol. The van der Waals surface area contributed by atoms with E-state index in [-0.39, 0.29) is 23.5 Å². The van der Waals surface area contributed by atoms with Gasteiger partial charge >= 0.3 is 0 Å². The van der Waals surface area contributed by atoms with Crippen molar-refractivity contribution in [3.63, 3.8) is 0 Å². The second-order valence-corrected chi connectivity index (χ2v) is 9.28. The summed E-state index contributed by atoms with van der Waals surface area (Å²) in [5.41, 5.74) is 3.89. The maximum Gasteiger partial charge on any atom is 0.268 e. The van der Waals surface area contributed by atoms with Gasteiger partial charge in [0.05, 0.1) is 25.6 Å². The summed E-state index contributed by atoms with van der Waals surface area (Å²) in [4.78, 5) is 47.0. The van der Waals surface area contributed by atoms with Gasteiger partial charge in [0.2, 0.25) is 5.91 Å². The van der Waals surface area contributed by atoms with Crippen molar-refractivity contribution in [3.05, 3.63) is 30.0 Å². The van der Waals surface area contributed by atoms with Crippen molar-refractivity contribution in [2.24, 2.45) is 11.8 Å². The number of amides is 2. The number of Topliss-reactive ketones (excluding diaryl/α,β-unsaturated/α-hetero) is 1. The molecule has 1 saturated heterocycles. The van der Waals surface area contributed by atoms with E-state index in [0.717, 1.165) is 17.3 Å². The molecule has 0 radical (unpaired) electrons. The molecule has 3 rings (SSSR count). The Balaban J connectivity index is 1.73. The van der Waals surface area contributed by atoms with E-state index in [0.29, 0.717) is 37.4 Å². The Morgan fingerprint density at radius 3 is 2.68 bits per heavy atom. The number of hydrogen-bond donors (Lipinski definition) is 4. The number of rotatable bonds is 11. The first-order valence-electron chi connectivity index (χ1n) is 11.5. The van der Waals surface area contributed by atoms with Gasteiger partial charge in [0.25, 0.3) is 5.91 Å². The summed E-state index contributed by atoms with van der Waals surface area (Å²) < 4.78 is 5.36. The maximum atomic E-state index is 13.2. The summed E-state index contributed by atoms with van der Waals surface area (Å²) in [6, 6.07) is 5.64. The number of hydrogen-bond acceptors (Lipinski definition) is 6. The molecule has 1 aliphatic heterocycles. The smallest absolute Gasteiger partial charge is 0.268 e. The van der Waals surface area contributed by atoms with Gasteiger partial charge in [-0.1, -0.05) is 19.9 Å². The average Bonchev–Trinajstić information content (AvgIpc) is 3.27. The lowest BCUT2D eigenvalue weighted by Crippen LogP contribution is -2.53. The van der Waals surface area contributed by atoms with Crippen molar-refractivity contribution >= 4 is 40.1 Å². The van der Waals surface area contributed by atoms with Gasteiger partial charge in [0, 0.05) is 17.4 Å². The van der Waals surface area contributed by atoms with E-state index in [9.17, 15) is 14.4 Å². The van der Waals surface area contributed by atoms with Crippen LogP contribution in [0.3, 0.4) is 0 Å². The molecule has 1 aromatic carbocycles. The molecule has 2 unspecified atom stereocenters. The number of ketones is 1. The molecule has 1 fully saturated rings. The van der Waals surface area contributed by atoms with Crippen LogP contribution in [0.15, 0.2) is 24.3 Å². The third kappa shape index (κ3) is 6.71. The van der Waals surface area contributed by atoms with Crippen molar-refractivity contribution in [2.45, 2.75) is 45.2 Å². The number of fused-ring (bicyclic) bond motifs is 1. The fraction of sp³-hybridized carbons (Fsp3) is 0.542. The van der Waals surface area contributed by atoms with Crippen LogP contribution < -0.4 is 20.9 Å². The van der Waals surface area contributed by atoms with Gasteiger partial charge in [-0.25, -0.2) is 5.48 Å². The number of aromatic amines is 1. The minimum atomic E-state index is -0.810. The summed E-state index contributed by atoms with van der Waals surface area (Å²) in [6.07, 6.45) is 1.68. The number of carbonyl (C=O) groups excluding carboxylic acids is 3. The third-order valence-corrected chi connectivity index (χ3v) is 6.16. The molecule has 2 heterocycles. The number of hydroxylamine groups is 1. The number of ether oxygens (including phenoxy) is 1. The van der Waals surface area contributed by atoms with E-state index in [4.69, 9.17) is 21.2 Å². The molecule has 186 valence electrons. The van der Waals surface area contributed by atoms with Crippen LogP contribution in [0.2, 0.25) is 0 Å². The first kappa shape index (κ1) is 26.0. The highest BCUT2D eigenvalue weighted by molar-refractivity contribution is 6.28. The standard InChI is InChI=1S/C24H33ClN4O5/c1-14(2)9-19(23(31)28-18(21(30)12-25)10-15-7-8-26-34-13-15)29-24(32)20-11-16-17(27-20)5-4-6-22(16)33-3/h4-6,11,14-15,18-19,26-27H,7-10,12-13H2,1-3H3,(H,28,31)(H,29,32)/t15?,18?,19-/m0/s1. The van der Waals surface area contributed by atoms with E-state index < -0.39 is 23.9 Å². The Hall–Kier alpha value is -2.62. The number of carbonyl (C=O) groups is 3. The van der Waals surface area contributed by atoms with Crippen molar-refractivity contribution in [3.8, 4) is 5.75 Å². The first-order valence-corrected chi connectivity index (χ1v) is 12.1. The highest BCUT2D eigenvalue weighted by atomic mass is 35.5. The minimum Gasteiger partial charge on any atom is -0.496 e. The number of halogens is 1. The molecule has 2 amide bonds. The van der Waals surface area contributed by atoms with Crippen molar-refractivity contribution < 1.29 is 24.0 Å². The Labute approximate surface area is 204 Å². The lowest BCUT2D eigenvalue weighted by molar-refractivity contribution is -0.129. The Bertz CT molecular complexity index is 1000. The zero-order valence-electron chi connectivity index (χ0n) is 19.8. The van der Waals surface area contributed by atoms with Gasteiger partial charge in [0.15, 0.2) is 5.78 Å². The normalized spacial score (nSPS) is 17.9. The highest BCUT2D eigenvalue weighted by Gasteiger charge is 2.30. The zero-order chi connectivity index (χ0) is 24.7. The summed E-state index contributed by atoms with van der Waals surface area (Å²) in [5.74, 6) is -0.369. The summed E-state index contributed by atoms with van der Waals surface area (Å²) >= 11 is 5.81. The van der Waals surface area contributed by atoms with E-state index in [1.165, 1.54) is 0 Å². The molecule has 3 atom stereocenters. The number of methoxy groups -OCH3 is 1. The monoisotopic (exact) mass is 492 g/mol. The topological polar surface area (TPSA) is 122 Å². The number of nitrogens with one attached hydrogen (secondary N) is 4. The number of H-pyrrole nitrogens is 1. The molecule has 0 bridgehead atoms. The lowest BCUT2D eigenvalue weighted by Gasteiger charge is -2.28. The van der Waals surface area contributed by atoms with Crippen molar-refractivity contribution in [1.82, 2.24) is 21.1 Å². The molecule has 4 N–H and O–H groups in total. The van der Waals surface area contributed by atoms with Gasteiger partial charge < -0.3 is 25.2 Å². The first-order chi connectivity index (χ1) is 16.3. The third-order valence-electron chi connectivity index (χ3n) is 5.90. The molecule has 0 spiro atoms. The molecular formula is C24H33ClN4O5. The van der Waals surface area contributed by atoms with Gasteiger partial charge in [0.1, 0.15) is 17.5 Å². The number of aromatic nitrogens is 1. The molecule has 2 aromatic rings. The predicted octanol–water partition coefficient (Wildman–Crippen LogP) is 2.54. The minimum absolute atomic E-state index is 0.123. The van der Waals surface area contributed by atoms with Crippen LogP contribution in [0.4, 0.5) is 0 Å². The van der Waals surface area contributed by atoms with Gasteiger partial charge in [-0.3, -0.25) is 14.4 Å². The number of alkyl halides is 1. The van der Waals surface area contributed by atoms with Crippen LogP contribution in [-0.2, 0) is 14.4 Å². The lowest BCUT2D eigenvalue weighted by atomic mass is 9.94. The van der Waals surface area contributed by atoms with Crippen LogP contribution in [0, 0.1) is 11.8 Å². The van der Waals surface area contributed by atoms with Crippen LogP contribution >= 0.6 is 11.6 Å². The van der Waals surface area contributed by atoms with Crippen molar-refractivity contribution in [2.75, 3.05) is 26.1 Å². The molecule has 0 aliphatic carbocycles. The van der Waals surface area contributed by atoms with Crippen LogP contribution in [-0.4, -0.2) is 60.8 Å². The molecule has 34 heavy (non-hydrogen) atoms. The fourth-order valence-electron chi connectivity index (χ4n) is 4.12. The van der Waals surface area contributed by atoms with E-state index >= 15 is 0 Å². The summed E-state index contributed by atoms with van der Waals surface area (Å²) in [7, 11) is 1.57. The van der Waals surface area contributed by atoms with E-state index in [1.54, 1.807) is 13.2 Å². The Morgan fingerprint density at radius 1 is 1.24 bits per heavy atom. The Morgan fingerprint density at radius 2 is 2.03 bits per heavy atom. The van der Waals surface area contributed by atoms with Gasteiger partial charge in [-0.15, -0.1) is 11.6 Å². The predicted molar refractivity (Wildman–Crippen MR) is 130 cm³/mol. The van der Waals surface area contributed by atoms with Gasteiger partial charge in [-0.2, -0.15) is 0 Å². The second-order valence-electron chi connectivity index (χ2n) is 9.02. The van der Waals surface area contributed by atoms with Crippen LogP contribution in [0.25, 0.3) is 10.9 Å². The summed E-state index contributed by atoms with van der Waals surface area (Å²) in [5, 5.41) is 6.43. The van der Waals surface area contributed by atoms with Gasteiger partial charge in [-0.05, 0) is 49.3 Å². The summed E-state index contributed by atoms with van der Waals surface area (Å²) in [6.45, 7) is 5.07. The Kier molecular flexibility index (Phi) is 9.32. The molecule has 9 nitrogen and oxygen atoms in total. The second kappa shape index (κ2) is 12.2. The van der Waals surface area contributed by atoms with E-state index in [1.807, 2.05) is 32.0 Å². The zero-order valence-corrected chi connectivity index (χ0v) is 20.5. The maximum absolute atomic E-state index is 13.2. The largest absolute Gasteiger partial charge is 0.496 e. The SMILES string of the molecule is COc1cccc2[nH]c(C(=O)N[C@@H](CC(C)C)C(=O)NC(CC3CCNOC3)C(=O)CCl)cc12. The van der Waals surface area contributed by atoms with Crippen LogP contribution in [0.5, 0.6) is 5.75 Å². The number of benzene rings is 1. The molecule has 1 aromatic heterocycles. The molecule has 10 heteroatoms. The van der Waals surface area contributed by atoms with Crippen molar-refractivity contribution in [1.29, 1.82) is 0 Å². The molecular weight excluding hydrogens is 460 g/mol.